The normalized spacial score (nSPS) is 11.7. The summed E-state index contributed by atoms with van der Waals surface area (Å²) in [6.07, 6.45) is -0.292. The molecule has 1 rings (SSSR count). The van der Waals surface area contributed by atoms with Crippen LogP contribution in [0.4, 0.5) is 22.0 Å². The van der Waals surface area contributed by atoms with Crippen LogP contribution < -0.4 is 4.74 Å². The van der Waals surface area contributed by atoms with E-state index in [2.05, 4.69) is 4.74 Å². The molecule has 0 radical (unpaired) electrons. The van der Waals surface area contributed by atoms with E-state index < -0.39 is 52.8 Å². The topological polar surface area (TPSA) is 126 Å². The van der Waals surface area contributed by atoms with Gasteiger partial charge in [0.15, 0.2) is 0 Å². The maximum atomic E-state index is 13.5. The lowest BCUT2D eigenvalue weighted by atomic mass is 10.2. The highest BCUT2D eigenvalue weighted by molar-refractivity contribution is 5.72. The number of halogens is 5. The number of ether oxygens (including phenoxy) is 10. The van der Waals surface area contributed by atoms with Gasteiger partial charge in [-0.05, 0) is 20.8 Å². The highest BCUT2D eigenvalue weighted by Crippen LogP contribution is 2.29. The molecule has 0 aliphatic carbocycles. The summed E-state index contributed by atoms with van der Waals surface area (Å²) in [5.74, 6) is -14.5. The van der Waals surface area contributed by atoms with E-state index in [1.165, 1.54) is 0 Å². The Labute approximate surface area is 270 Å². The molecular weight excluding hydrogens is 647 g/mol. The minimum atomic E-state index is -2.35. The second kappa shape index (κ2) is 25.5. The third-order valence-corrected chi connectivity index (χ3v) is 5.31. The molecule has 1 aromatic carbocycles. The van der Waals surface area contributed by atoms with Gasteiger partial charge in [-0.25, -0.2) is 13.2 Å². The molecule has 12 nitrogen and oxygen atoms in total. The van der Waals surface area contributed by atoms with Gasteiger partial charge in [0.1, 0.15) is 5.60 Å². The van der Waals surface area contributed by atoms with E-state index >= 15 is 0 Å². The van der Waals surface area contributed by atoms with Crippen molar-refractivity contribution in [2.45, 2.75) is 39.2 Å². The highest BCUT2D eigenvalue weighted by atomic mass is 19.2. The van der Waals surface area contributed by atoms with Crippen molar-refractivity contribution in [1.82, 2.24) is 0 Å². The molecular formula is C30H45F5O12. The molecule has 0 heterocycles. The largest absolute Gasteiger partial charge is 0.460 e. The predicted molar refractivity (Wildman–Crippen MR) is 153 cm³/mol. The molecule has 1 aromatic rings. The molecule has 0 aromatic heterocycles. The highest BCUT2D eigenvalue weighted by Gasteiger charge is 2.28. The second-order valence-corrected chi connectivity index (χ2v) is 10.4. The van der Waals surface area contributed by atoms with Crippen LogP contribution in [0.3, 0.4) is 0 Å². The van der Waals surface area contributed by atoms with Gasteiger partial charge in [0.25, 0.3) is 0 Å². The van der Waals surface area contributed by atoms with Gasteiger partial charge < -0.3 is 47.4 Å². The minimum absolute atomic E-state index is 0.0765. The van der Waals surface area contributed by atoms with E-state index in [1.807, 2.05) is 20.8 Å². The van der Waals surface area contributed by atoms with Crippen molar-refractivity contribution in [2.24, 2.45) is 0 Å². The molecule has 0 bridgehead atoms. The van der Waals surface area contributed by atoms with Gasteiger partial charge in [0.05, 0.1) is 119 Å². The zero-order valence-corrected chi connectivity index (χ0v) is 27.0. The van der Waals surface area contributed by atoms with Crippen molar-refractivity contribution in [3.8, 4) is 5.75 Å². The molecule has 0 amide bonds. The van der Waals surface area contributed by atoms with Crippen LogP contribution in [0.25, 0.3) is 0 Å². The fourth-order valence-electron chi connectivity index (χ4n) is 3.18. The summed E-state index contributed by atoms with van der Waals surface area (Å²) >= 11 is 0. The van der Waals surface area contributed by atoms with Crippen molar-refractivity contribution in [3.63, 3.8) is 0 Å². The van der Waals surface area contributed by atoms with E-state index in [4.69, 9.17) is 42.6 Å². The Bertz CT molecular complexity index is 997. The van der Waals surface area contributed by atoms with Gasteiger partial charge >= 0.3 is 11.9 Å². The zero-order chi connectivity index (χ0) is 34.9. The number of carbonyl (C=O) groups is 2. The van der Waals surface area contributed by atoms with Crippen LogP contribution in [0.5, 0.6) is 5.75 Å². The molecule has 0 atom stereocenters. The first-order chi connectivity index (χ1) is 22.4. The Morgan fingerprint density at radius 2 is 0.681 bits per heavy atom. The summed E-state index contributed by atoms with van der Waals surface area (Å²) in [6.45, 7) is 10.3. The van der Waals surface area contributed by atoms with Gasteiger partial charge in [-0.15, -0.1) is 0 Å². The molecule has 0 saturated heterocycles. The summed E-state index contributed by atoms with van der Waals surface area (Å²) in [7, 11) is 0. The van der Waals surface area contributed by atoms with Crippen LogP contribution in [-0.4, -0.2) is 123 Å². The molecule has 0 N–H and O–H groups in total. The Morgan fingerprint density at radius 1 is 0.426 bits per heavy atom. The number of esters is 2. The average molecular weight is 693 g/mol. The molecule has 272 valence electrons. The maximum absolute atomic E-state index is 13.5. The Hall–Kier alpha value is -2.51. The molecule has 0 aliphatic heterocycles. The Morgan fingerprint density at radius 3 is 0.979 bits per heavy atom. The number of hydrogen-bond donors (Lipinski definition) is 0. The Kier molecular flexibility index (Phi) is 23.1. The molecule has 0 unspecified atom stereocenters. The lowest BCUT2D eigenvalue weighted by Gasteiger charge is -2.19. The zero-order valence-electron chi connectivity index (χ0n) is 27.0. The van der Waals surface area contributed by atoms with E-state index in [9.17, 15) is 31.5 Å². The van der Waals surface area contributed by atoms with Crippen LogP contribution in [0.2, 0.25) is 0 Å². The molecule has 0 saturated carbocycles. The van der Waals surface area contributed by atoms with Crippen molar-refractivity contribution in [2.75, 3.05) is 106 Å². The summed E-state index contributed by atoms with van der Waals surface area (Å²) < 4.78 is 118. The van der Waals surface area contributed by atoms with E-state index in [0.29, 0.717) is 72.7 Å². The standard InChI is InChI=1S/C30H45F5O12/c1-30(2,3)47-23(37)5-7-39-9-11-41-13-15-43-17-19-45-21-20-44-18-16-42-14-12-40-10-8-38-6-4-22(36)46-29-27(34)25(32)24(31)26(33)28(29)35/h4-21H2,1-3H3. The van der Waals surface area contributed by atoms with Crippen LogP contribution in [0, 0.1) is 29.1 Å². The van der Waals surface area contributed by atoms with Gasteiger partial charge in [-0.1, -0.05) is 0 Å². The molecule has 47 heavy (non-hydrogen) atoms. The number of rotatable bonds is 28. The summed E-state index contributed by atoms with van der Waals surface area (Å²) in [5, 5.41) is 0. The van der Waals surface area contributed by atoms with Gasteiger partial charge in [0.2, 0.25) is 34.8 Å². The molecule has 0 fully saturated rings. The smallest absolute Gasteiger partial charge is 0.313 e. The summed E-state index contributed by atoms with van der Waals surface area (Å²) in [4.78, 5) is 23.2. The first-order valence-corrected chi connectivity index (χ1v) is 15.0. The van der Waals surface area contributed by atoms with Gasteiger partial charge in [0, 0.05) is 0 Å². The second-order valence-electron chi connectivity index (χ2n) is 10.4. The van der Waals surface area contributed by atoms with Crippen LogP contribution in [-0.2, 0) is 52.2 Å². The van der Waals surface area contributed by atoms with Crippen LogP contribution >= 0.6 is 0 Å². The maximum Gasteiger partial charge on any atom is 0.313 e. The fourth-order valence-corrected chi connectivity index (χ4v) is 3.18. The van der Waals surface area contributed by atoms with Crippen molar-refractivity contribution in [1.29, 1.82) is 0 Å². The Balaban J connectivity index is 1.80. The quantitative estimate of drug-likeness (QED) is 0.0319. The first-order valence-electron chi connectivity index (χ1n) is 15.0. The monoisotopic (exact) mass is 692 g/mol. The van der Waals surface area contributed by atoms with E-state index in [-0.39, 0.29) is 45.4 Å². The summed E-state index contributed by atoms with van der Waals surface area (Å²) in [5.41, 5.74) is -0.502. The molecule has 0 spiro atoms. The van der Waals surface area contributed by atoms with Gasteiger partial charge in [-0.2, -0.15) is 8.78 Å². The third kappa shape index (κ3) is 21.2. The van der Waals surface area contributed by atoms with Crippen LogP contribution in [0.15, 0.2) is 0 Å². The lowest BCUT2D eigenvalue weighted by molar-refractivity contribution is -0.156. The summed E-state index contributed by atoms with van der Waals surface area (Å²) in [6, 6.07) is 0. The lowest BCUT2D eigenvalue weighted by Crippen LogP contribution is -2.24. The number of benzene rings is 1. The average Bonchev–Trinajstić information content (AvgIpc) is 3.02. The molecule has 0 aliphatic rings. The molecule has 17 heteroatoms. The SMILES string of the molecule is CC(C)(C)OC(=O)CCOCCOCCOCCOCCOCCOCCOCCOCCC(=O)Oc1c(F)c(F)c(F)c(F)c1F. The van der Waals surface area contributed by atoms with Crippen molar-refractivity contribution >= 4 is 11.9 Å². The third-order valence-electron chi connectivity index (χ3n) is 5.31. The fraction of sp³-hybridized carbons (Fsp3) is 0.733. The van der Waals surface area contributed by atoms with E-state index in [1.54, 1.807) is 0 Å². The number of hydrogen-bond acceptors (Lipinski definition) is 12. The van der Waals surface area contributed by atoms with Crippen molar-refractivity contribution < 1.29 is 78.9 Å². The van der Waals surface area contributed by atoms with E-state index in [0.717, 1.165) is 0 Å². The van der Waals surface area contributed by atoms with Crippen molar-refractivity contribution in [3.05, 3.63) is 29.1 Å². The minimum Gasteiger partial charge on any atom is -0.460 e. The first kappa shape index (κ1) is 42.5. The predicted octanol–water partition coefficient (Wildman–Crippen LogP) is 3.54. The van der Waals surface area contributed by atoms with Gasteiger partial charge in [-0.3, -0.25) is 9.59 Å². The van der Waals surface area contributed by atoms with Crippen LogP contribution in [0.1, 0.15) is 33.6 Å². The number of carbonyl (C=O) groups excluding carboxylic acids is 2.